The van der Waals surface area contributed by atoms with E-state index in [0.717, 1.165) is 29.5 Å². The number of benzene rings is 1. The number of rotatable bonds is 3. The Hall–Kier alpha value is -1.40. The Bertz CT molecular complexity index is 977. The van der Waals surface area contributed by atoms with E-state index in [1.165, 1.54) is 10.9 Å². The van der Waals surface area contributed by atoms with Crippen LogP contribution in [0, 0.1) is 11.3 Å². The van der Waals surface area contributed by atoms with Crippen molar-refractivity contribution in [3.05, 3.63) is 51.5 Å². The highest BCUT2D eigenvalue weighted by Crippen LogP contribution is 2.59. The summed E-state index contributed by atoms with van der Waals surface area (Å²) in [6.45, 7) is 5.96. The smallest absolute Gasteiger partial charge is 0.238 e. The fourth-order valence-electron chi connectivity index (χ4n) is 6.15. The zero-order chi connectivity index (χ0) is 21.8. The number of aliphatic hydroxyl groups excluding tert-OH is 2. The second-order valence-electron chi connectivity index (χ2n) is 9.46. The molecular weight excluding hydrogens is 423 g/mol. The number of carbonyl (C=O) groups is 1. The Balaban J connectivity index is 1.85. The van der Waals surface area contributed by atoms with E-state index in [9.17, 15) is 15.0 Å². The molecule has 2 aliphatic carbocycles. The van der Waals surface area contributed by atoms with Crippen molar-refractivity contribution in [2.45, 2.75) is 63.9 Å². The molecule has 162 valence electrons. The van der Waals surface area contributed by atoms with Gasteiger partial charge in [-0.05, 0) is 59.8 Å². The third kappa shape index (κ3) is 3.13. The van der Waals surface area contributed by atoms with Gasteiger partial charge in [-0.25, -0.2) is 4.98 Å². The second-order valence-corrected chi connectivity index (χ2v) is 10.2. The summed E-state index contributed by atoms with van der Waals surface area (Å²) >= 11 is 13.5. The van der Waals surface area contributed by atoms with Crippen molar-refractivity contribution < 1.29 is 15.0 Å². The number of fused-ring (bicyclic) bond motifs is 3. The molecule has 0 amide bonds. The molecule has 0 saturated heterocycles. The van der Waals surface area contributed by atoms with Crippen molar-refractivity contribution >= 4 is 29.1 Å². The average Bonchev–Trinajstić information content (AvgIpc) is 3.21. The van der Waals surface area contributed by atoms with E-state index in [0.29, 0.717) is 22.9 Å². The van der Waals surface area contributed by atoms with Crippen LogP contribution < -0.4 is 0 Å². The summed E-state index contributed by atoms with van der Waals surface area (Å²) in [5.74, 6) is -0.170. The van der Waals surface area contributed by atoms with Crippen LogP contribution in [0.2, 0.25) is 10.0 Å². The van der Waals surface area contributed by atoms with Gasteiger partial charge in [-0.3, -0.25) is 9.36 Å². The Kier molecular flexibility index (Phi) is 5.55. The molecule has 0 aliphatic heterocycles. The maximum Gasteiger partial charge on any atom is 0.238 e. The molecular formula is C23H28Cl2N2O3. The van der Waals surface area contributed by atoms with Gasteiger partial charge in [0.05, 0.1) is 11.5 Å². The van der Waals surface area contributed by atoms with Gasteiger partial charge < -0.3 is 10.2 Å². The maximum absolute atomic E-state index is 13.5. The van der Waals surface area contributed by atoms with Crippen molar-refractivity contribution in [1.82, 2.24) is 9.55 Å². The number of aromatic nitrogens is 2. The molecule has 1 heterocycles. The number of hydrogen-bond donors (Lipinski definition) is 2. The quantitative estimate of drug-likeness (QED) is 0.715. The van der Waals surface area contributed by atoms with Crippen molar-refractivity contribution in [3.8, 4) is 0 Å². The van der Waals surface area contributed by atoms with Crippen LogP contribution in [0.3, 0.4) is 0 Å². The number of halogens is 2. The SMILES string of the molecule is CC(CO)c1c(Cl)cc2c(c1Cl)CCC1C(C)(C(=O)n3ccnc3)CC(O)CC21C. The number of nitrogens with zero attached hydrogens (tertiary/aromatic N) is 2. The first kappa shape index (κ1) is 21.8. The first-order chi connectivity index (χ1) is 14.1. The van der Waals surface area contributed by atoms with Gasteiger partial charge in [-0.2, -0.15) is 0 Å². The third-order valence-electron chi connectivity index (χ3n) is 7.50. The van der Waals surface area contributed by atoms with Crippen LogP contribution in [0.1, 0.15) is 67.4 Å². The summed E-state index contributed by atoms with van der Waals surface area (Å²) in [5, 5.41) is 21.6. The average molecular weight is 451 g/mol. The normalized spacial score (nSPS) is 31.7. The molecule has 5 nitrogen and oxygen atoms in total. The van der Waals surface area contributed by atoms with E-state index < -0.39 is 16.9 Å². The Morgan fingerprint density at radius 3 is 2.73 bits per heavy atom. The first-order valence-corrected chi connectivity index (χ1v) is 11.2. The zero-order valence-electron chi connectivity index (χ0n) is 17.5. The summed E-state index contributed by atoms with van der Waals surface area (Å²) < 4.78 is 1.53. The van der Waals surface area contributed by atoms with Crippen molar-refractivity contribution in [2.75, 3.05) is 6.61 Å². The van der Waals surface area contributed by atoms with Crippen LogP contribution in [-0.2, 0) is 11.8 Å². The lowest BCUT2D eigenvalue weighted by atomic mass is 9.49. The Labute approximate surface area is 187 Å². The van der Waals surface area contributed by atoms with Gasteiger partial charge in [-0.1, -0.05) is 44.0 Å². The van der Waals surface area contributed by atoms with Gasteiger partial charge in [0, 0.05) is 35.0 Å². The minimum Gasteiger partial charge on any atom is -0.396 e. The van der Waals surface area contributed by atoms with E-state index in [2.05, 4.69) is 11.9 Å². The van der Waals surface area contributed by atoms with Crippen molar-refractivity contribution in [1.29, 1.82) is 0 Å². The second kappa shape index (κ2) is 7.63. The van der Waals surface area contributed by atoms with E-state index in [1.807, 2.05) is 19.9 Å². The molecule has 5 unspecified atom stereocenters. The lowest BCUT2D eigenvalue weighted by molar-refractivity contribution is -0.0381. The van der Waals surface area contributed by atoms with Gasteiger partial charge in [0.2, 0.25) is 5.91 Å². The molecule has 2 aliphatic rings. The van der Waals surface area contributed by atoms with Gasteiger partial charge >= 0.3 is 0 Å². The number of aliphatic hydroxyl groups is 2. The third-order valence-corrected chi connectivity index (χ3v) is 8.25. The summed E-state index contributed by atoms with van der Waals surface area (Å²) in [4.78, 5) is 17.5. The summed E-state index contributed by atoms with van der Waals surface area (Å²) in [6.07, 6.45) is 6.68. The van der Waals surface area contributed by atoms with Crippen LogP contribution in [0.4, 0.5) is 0 Å². The zero-order valence-corrected chi connectivity index (χ0v) is 19.0. The van der Waals surface area contributed by atoms with Gasteiger partial charge in [0.15, 0.2) is 0 Å². The maximum atomic E-state index is 13.5. The van der Waals surface area contributed by atoms with Crippen LogP contribution in [0.15, 0.2) is 24.8 Å². The molecule has 1 fully saturated rings. The highest BCUT2D eigenvalue weighted by molar-refractivity contribution is 6.36. The highest BCUT2D eigenvalue weighted by atomic mass is 35.5. The number of imidazole rings is 1. The predicted octanol–water partition coefficient (Wildman–Crippen LogP) is 4.61. The fraction of sp³-hybridized carbons (Fsp3) is 0.565. The number of carbonyl (C=O) groups excluding carboxylic acids is 1. The summed E-state index contributed by atoms with van der Waals surface area (Å²) in [6, 6.07) is 1.95. The molecule has 1 saturated carbocycles. The molecule has 0 radical (unpaired) electrons. The van der Waals surface area contributed by atoms with Crippen molar-refractivity contribution in [3.63, 3.8) is 0 Å². The van der Waals surface area contributed by atoms with Crippen LogP contribution in [0.25, 0.3) is 0 Å². The lowest BCUT2D eigenvalue weighted by Gasteiger charge is -2.56. The van der Waals surface area contributed by atoms with E-state index in [-0.39, 0.29) is 24.3 Å². The fourth-order valence-corrected chi connectivity index (χ4v) is 7.07. The summed E-state index contributed by atoms with van der Waals surface area (Å²) in [5.41, 5.74) is 1.65. The van der Waals surface area contributed by atoms with E-state index >= 15 is 0 Å². The highest BCUT2D eigenvalue weighted by Gasteiger charge is 2.58. The first-order valence-electron chi connectivity index (χ1n) is 10.5. The molecule has 5 atom stereocenters. The summed E-state index contributed by atoms with van der Waals surface area (Å²) in [7, 11) is 0. The molecule has 0 spiro atoms. The van der Waals surface area contributed by atoms with Gasteiger partial charge in [0.25, 0.3) is 0 Å². The van der Waals surface area contributed by atoms with Crippen LogP contribution in [-0.4, -0.2) is 38.4 Å². The lowest BCUT2D eigenvalue weighted by Crippen LogP contribution is -2.56. The molecule has 2 aromatic rings. The Morgan fingerprint density at radius 2 is 2.10 bits per heavy atom. The van der Waals surface area contributed by atoms with Crippen molar-refractivity contribution in [2.24, 2.45) is 11.3 Å². The molecule has 2 N–H and O–H groups in total. The largest absolute Gasteiger partial charge is 0.396 e. The minimum atomic E-state index is -0.735. The molecule has 7 heteroatoms. The molecule has 0 bridgehead atoms. The van der Waals surface area contributed by atoms with Gasteiger partial charge in [-0.15, -0.1) is 0 Å². The standard InChI is InChI=1S/C23H28Cl2N2O3/c1-13(11-28)19-17(24)8-16-15(20(19)25)4-5-18-22(16,2)9-14(29)10-23(18,3)21(30)27-7-6-26-12-27/h6-8,12-14,18,28-29H,4-5,9-11H2,1-3H3. The van der Waals surface area contributed by atoms with Crippen LogP contribution >= 0.6 is 23.2 Å². The topological polar surface area (TPSA) is 75.3 Å². The number of hydrogen-bond acceptors (Lipinski definition) is 4. The minimum absolute atomic E-state index is 0.0315. The predicted molar refractivity (Wildman–Crippen MR) is 117 cm³/mol. The molecule has 1 aromatic carbocycles. The van der Waals surface area contributed by atoms with E-state index in [1.54, 1.807) is 12.4 Å². The van der Waals surface area contributed by atoms with E-state index in [4.69, 9.17) is 23.2 Å². The Morgan fingerprint density at radius 1 is 1.37 bits per heavy atom. The monoisotopic (exact) mass is 450 g/mol. The molecule has 1 aromatic heterocycles. The molecule has 4 rings (SSSR count). The van der Waals surface area contributed by atoms with Gasteiger partial charge in [0.1, 0.15) is 6.33 Å². The van der Waals surface area contributed by atoms with Crippen LogP contribution in [0.5, 0.6) is 0 Å². The molecule has 30 heavy (non-hydrogen) atoms.